The van der Waals surface area contributed by atoms with Gasteiger partial charge >= 0.3 is 5.97 Å². The average Bonchev–Trinajstić information content (AvgIpc) is 2.87. The molecule has 112 valence electrons. The number of hydrogen-bond donors (Lipinski definition) is 1. The van der Waals surface area contributed by atoms with E-state index in [9.17, 15) is 9.90 Å². The molecular formula is C15H17ClN2O2S. The highest BCUT2D eigenvalue weighted by Crippen LogP contribution is 2.30. The molecule has 0 amide bonds. The fraction of sp³-hybridized carbons (Fsp3) is 0.333. The number of carbonyl (C=O) groups is 1. The van der Waals surface area contributed by atoms with Crippen LogP contribution < -0.4 is 0 Å². The maximum absolute atomic E-state index is 11.2. The van der Waals surface area contributed by atoms with Crippen LogP contribution in [0.5, 0.6) is 0 Å². The molecule has 1 N–H and O–H groups in total. The third kappa shape index (κ3) is 3.43. The molecule has 0 unspecified atom stereocenters. The highest BCUT2D eigenvalue weighted by Gasteiger charge is 2.32. The topological polar surface area (TPSA) is 53.4 Å². The van der Waals surface area contributed by atoms with Crippen LogP contribution in [-0.2, 0) is 11.3 Å². The van der Waals surface area contributed by atoms with E-state index in [0.717, 1.165) is 16.3 Å². The summed E-state index contributed by atoms with van der Waals surface area (Å²) in [6, 6.07) is 7.55. The molecule has 1 aromatic heterocycles. The molecule has 2 aromatic rings. The number of carboxylic acid groups (broad SMARTS) is 1. The van der Waals surface area contributed by atoms with Gasteiger partial charge in [-0.1, -0.05) is 29.8 Å². The summed E-state index contributed by atoms with van der Waals surface area (Å²) >= 11 is 7.67. The van der Waals surface area contributed by atoms with Gasteiger partial charge in [-0.15, -0.1) is 11.3 Å². The zero-order valence-electron chi connectivity index (χ0n) is 12.1. The van der Waals surface area contributed by atoms with Crippen LogP contribution in [0.15, 0.2) is 29.6 Å². The Balaban J connectivity index is 2.18. The van der Waals surface area contributed by atoms with Crippen molar-refractivity contribution in [3.05, 3.63) is 40.4 Å². The van der Waals surface area contributed by atoms with Gasteiger partial charge < -0.3 is 5.11 Å². The van der Waals surface area contributed by atoms with Crippen LogP contribution in [0.2, 0.25) is 5.02 Å². The van der Waals surface area contributed by atoms with E-state index in [1.165, 1.54) is 11.3 Å². The minimum absolute atomic E-state index is 0.472. The number of hydrogen-bond acceptors (Lipinski definition) is 4. The largest absolute Gasteiger partial charge is 0.480 e. The lowest BCUT2D eigenvalue weighted by Gasteiger charge is -2.30. The van der Waals surface area contributed by atoms with Crippen LogP contribution in [0.3, 0.4) is 0 Å². The van der Waals surface area contributed by atoms with Gasteiger partial charge in [-0.05, 0) is 27.0 Å². The summed E-state index contributed by atoms with van der Waals surface area (Å²) in [5, 5.41) is 12.7. The Labute approximate surface area is 133 Å². The standard InChI is InChI=1S/C15H17ClN2O2S/c1-15(2,14(19)20)18(3)8-10-9-21-13(17-10)11-6-4-5-7-12(11)16/h4-7,9H,8H2,1-3H3,(H,19,20). The molecule has 1 aromatic carbocycles. The molecular weight excluding hydrogens is 308 g/mol. The minimum atomic E-state index is -0.936. The van der Waals surface area contributed by atoms with E-state index in [1.807, 2.05) is 29.6 Å². The van der Waals surface area contributed by atoms with Gasteiger partial charge in [0.15, 0.2) is 0 Å². The van der Waals surface area contributed by atoms with Gasteiger partial charge in [0.2, 0.25) is 0 Å². The molecule has 0 saturated heterocycles. The van der Waals surface area contributed by atoms with Crippen molar-refractivity contribution in [3.8, 4) is 10.6 Å². The van der Waals surface area contributed by atoms with Gasteiger partial charge in [0.05, 0.1) is 10.7 Å². The third-order valence-electron chi connectivity index (χ3n) is 3.53. The lowest BCUT2D eigenvalue weighted by molar-refractivity contribution is -0.148. The molecule has 0 fully saturated rings. The molecule has 0 bridgehead atoms. The fourth-order valence-corrected chi connectivity index (χ4v) is 2.87. The Hall–Kier alpha value is -1.43. The molecule has 0 aliphatic heterocycles. The summed E-state index contributed by atoms with van der Waals surface area (Å²) in [5.41, 5.74) is 0.802. The highest BCUT2D eigenvalue weighted by molar-refractivity contribution is 7.13. The number of nitrogens with zero attached hydrogens (tertiary/aromatic N) is 2. The third-order valence-corrected chi connectivity index (χ3v) is 4.79. The molecule has 0 saturated carbocycles. The van der Waals surface area contributed by atoms with E-state index in [2.05, 4.69) is 4.98 Å². The van der Waals surface area contributed by atoms with Gasteiger partial charge in [0, 0.05) is 17.5 Å². The molecule has 1 heterocycles. The number of aliphatic carboxylic acids is 1. The van der Waals surface area contributed by atoms with Gasteiger partial charge in [0.1, 0.15) is 10.5 Å². The number of aromatic nitrogens is 1. The normalized spacial score (nSPS) is 11.9. The summed E-state index contributed by atoms with van der Waals surface area (Å²) in [6.07, 6.45) is 0. The molecule has 0 aliphatic carbocycles. The first-order chi connectivity index (χ1) is 9.82. The summed E-state index contributed by atoms with van der Waals surface area (Å²) in [4.78, 5) is 17.6. The molecule has 0 atom stereocenters. The highest BCUT2D eigenvalue weighted by atomic mass is 35.5. The fourth-order valence-electron chi connectivity index (χ4n) is 1.74. The molecule has 21 heavy (non-hydrogen) atoms. The minimum Gasteiger partial charge on any atom is -0.480 e. The second kappa shape index (κ2) is 6.13. The van der Waals surface area contributed by atoms with Crippen molar-refractivity contribution in [2.45, 2.75) is 25.9 Å². The van der Waals surface area contributed by atoms with Crippen LogP contribution in [0, 0.1) is 0 Å². The van der Waals surface area contributed by atoms with Gasteiger partial charge in [-0.2, -0.15) is 0 Å². The van der Waals surface area contributed by atoms with Gasteiger partial charge in [-0.3, -0.25) is 9.69 Å². The Morgan fingerprint density at radius 2 is 2.10 bits per heavy atom. The zero-order chi connectivity index (χ0) is 15.6. The maximum Gasteiger partial charge on any atom is 0.323 e. The first-order valence-corrected chi connectivity index (χ1v) is 7.72. The van der Waals surface area contributed by atoms with Crippen molar-refractivity contribution in [1.29, 1.82) is 0 Å². The SMILES string of the molecule is CN(Cc1csc(-c2ccccc2Cl)n1)C(C)(C)C(=O)O. The Morgan fingerprint density at radius 1 is 1.43 bits per heavy atom. The second-order valence-corrected chi connectivity index (χ2v) is 6.61. The Morgan fingerprint density at radius 3 is 2.71 bits per heavy atom. The lowest BCUT2D eigenvalue weighted by Crippen LogP contribution is -2.47. The van der Waals surface area contributed by atoms with Crippen LogP contribution in [0.25, 0.3) is 10.6 Å². The molecule has 2 rings (SSSR count). The Bertz CT molecular complexity index is 655. The van der Waals surface area contributed by atoms with Crippen molar-refractivity contribution >= 4 is 28.9 Å². The van der Waals surface area contributed by atoms with E-state index in [1.54, 1.807) is 25.8 Å². The first kappa shape index (κ1) is 15.9. The smallest absolute Gasteiger partial charge is 0.323 e. The first-order valence-electron chi connectivity index (χ1n) is 6.46. The van der Waals surface area contributed by atoms with Gasteiger partial charge in [-0.25, -0.2) is 4.98 Å². The second-order valence-electron chi connectivity index (χ2n) is 5.34. The molecule has 0 aliphatic rings. The zero-order valence-corrected chi connectivity index (χ0v) is 13.7. The van der Waals surface area contributed by atoms with Crippen molar-refractivity contribution < 1.29 is 9.90 Å². The van der Waals surface area contributed by atoms with Crippen molar-refractivity contribution in [3.63, 3.8) is 0 Å². The number of halogens is 1. The lowest BCUT2D eigenvalue weighted by atomic mass is 10.0. The van der Waals surface area contributed by atoms with Crippen molar-refractivity contribution in [2.24, 2.45) is 0 Å². The summed E-state index contributed by atoms with van der Waals surface area (Å²) < 4.78 is 0. The van der Waals surface area contributed by atoms with Crippen molar-refractivity contribution in [2.75, 3.05) is 7.05 Å². The monoisotopic (exact) mass is 324 g/mol. The molecule has 4 nitrogen and oxygen atoms in total. The molecule has 0 spiro atoms. The number of carboxylic acids is 1. The van der Waals surface area contributed by atoms with Crippen LogP contribution >= 0.6 is 22.9 Å². The van der Waals surface area contributed by atoms with E-state index in [-0.39, 0.29) is 0 Å². The summed E-state index contributed by atoms with van der Waals surface area (Å²) in [5.74, 6) is -0.855. The summed E-state index contributed by atoms with van der Waals surface area (Å²) in [6.45, 7) is 3.83. The van der Waals surface area contributed by atoms with E-state index < -0.39 is 11.5 Å². The predicted octanol–water partition coefficient (Wildman–Crippen LogP) is 3.76. The Kier molecular flexibility index (Phi) is 4.66. The molecule has 0 radical (unpaired) electrons. The predicted molar refractivity (Wildman–Crippen MR) is 85.7 cm³/mol. The summed E-state index contributed by atoms with van der Waals surface area (Å²) in [7, 11) is 1.78. The van der Waals surface area contributed by atoms with E-state index in [0.29, 0.717) is 11.6 Å². The van der Waals surface area contributed by atoms with E-state index >= 15 is 0 Å². The maximum atomic E-state index is 11.2. The van der Waals surface area contributed by atoms with Crippen molar-refractivity contribution in [1.82, 2.24) is 9.88 Å². The average molecular weight is 325 g/mol. The number of thiazole rings is 1. The van der Waals surface area contributed by atoms with Gasteiger partial charge in [0.25, 0.3) is 0 Å². The number of rotatable bonds is 5. The quantitative estimate of drug-likeness (QED) is 0.910. The van der Waals surface area contributed by atoms with Crippen LogP contribution in [0.4, 0.5) is 0 Å². The van der Waals surface area contributed by atoms with Crippen LogP contribution in [0.1, 0.15) is 19.5 Å². The van der Waals surface area contributed by atoms with Crippen LogP contribution in [-0.4, -0.2) is 33.5 Å². The number of benzene rings is 1. The molecule has 6 heteroatoms. The van der Waals surface area contributed by atoms with E-state index in [4.69, 9.17) is 11.6 Å². The number of likely N-dealkylation sites (N-methyl/N-ethyl adjacent to an activating group) is 1.